The molecule has 0 bridgehead atoms. The van der Waals surface area contributed by atoms with Gasteiger partial charge >= 0.3 is 0 Å². The Morgan fingerprint density at radius 1 is 1.16 bits per heavy atom. The molecule has 0 spiro atoms. The van der Waals surface area contributed by atoms with Crippen LogP contribution in [-0.4, -0.2) is 22.3 Å². The minimum Gasteiger partial charge on any atom is -0.352 e. The molecule has 3 rings (SSSR count). The van der Waals surface area contributed by atoms with Crippen LogP contribution in [-0.2, 0) is 11.3 Å². The van der Waals surface area contributed by atoms with E-state index in [0.717, 1.165) is 17.5 Å². The van der Waals surface area contributed by atoms with Crippen LogP contribution in [0.3, 0.4) is 0 Å². The number of benzene rings is 2. The first-order chi connectivity index (χ1) is 15.3. The van der Waals surface area contributed by atoms with Gasteiger partial charge < -0.3 is 5.32 Å². The average molecular weight is 469 g/mol. The van der Waals surface area contributed by atoms with Gasteiger partial charge in [-0.15, -0.1) is 11.3 Å². The summed E-state index contributed by atoms with van der Waals surface area (Å²) in [6.07, 6.45) is 3.92. The minimum absolute atomic E-state index is 0.00684. The van der Waals surface area contributed by atoms with Gasteiger partial charge in [0.15, 0.2) is 5.78 Å². The Morgan fingerprint density at radius 3 is 2.50 bits per heavy atom. The maximum atomic E-state index is 13.1. The van der Waals surface area contributed by atoms with E-state index in [4.69, 9.17) is 11.6 Å². The Balaban J connectivity index is 2.10. The van der Waals surface area contributed by atoms with Gasteiger partial charge in [0, 0.05) is 17.7 Å². The average Bonchev–Trinajstić information content (AvgIpc) is 3.04. The number of nitrogens with one attached hydrogen (secondary N) is 1. The van der Waals surface area contributed by atoms with Gasteiger partial charge in [-0.3, -0.25) is 19.0 Å². The Hall–Kier alpha value is -2.96. The van der Waals surface area contributed by atoms with Gasteiger partial charge in [0.2, 0.25) is 5.91 Å². The molecule has 1 aromatic heterocycles. The molecule has 1 amide bonds. The predicted molar refractivity (Wildman–Crippen MR) is 131 cm³/mol. The molecule has 1 unspecified atom stereocenters. The molecular weight excluding hydrogens is 444 g/mol. The smallest absolute Gasteiger partial charge is 0.269 e. The van der Waals surface area contributed by atoms with Gasteiger partial charge in [0.25, 0.3) is 5.56 Å². The predicted octanol–water partition coefficient (Wildman–Crippen LogP) is 3.28. The lowest BCUT2D eigenvalue weighted by molar-refractivity contribution is -0.122. The lowest BCUT2D eigenvalue weighted by Crippen LogP contribution is -2.41. The molecule has 5 nitrogen and oxygen atoms in total. The number of rotatable bonds is 7. The molecule has 1 heterocycles. The van der Waals surface area contributed by atoms with Crippen molar-refractivity contribution in [3.63, 3.8) is 0 Å². The van der Waals surface area contributed by atoms with Crippen LogP contribution in [0.4, 0.5) is 0 Å². The standard InChI is InChI=1S/C25H25ClN2O3S/c1-4-17(3)27-23(30)15-28-24(14-21(29)19-7-5-6-8-20(19)26)32-22(25(28)31)13-18-11-9-16(2)10-12-18/h5-14,17H,4,15H2,1-3H3,(H,27,30)/b22-13+,24-14-. The van der Waals surface area contributed by atoms with Gasteiger partial charge in [-0.25, -0.2) is 0 Å². The maximum Gasteiger partial charge on any atom is 0.269 e. The highest BCUT2D eigenvalue weighted by Gasteiger charge is 2.13. The van der Waals surface area contributed by atoms with Crippen LogP contribution in [0, 0.1) is 6.92 Å². The third kappa shape index (κ3) is 5.84. The Labute approximate surface area is 195 Å². The first-order valence-electron chi connectivity index (χ1n) is 10.4. The molecule has 166 valence electrons. The van der Waals surface area contributed by atoms with Gasteiger partial charge in [-0.1, -0.05) is 60.5 Å². The van der Waals surface area contributed by atoms with Crippen molar-refractivity contribution in [1.29, 1.82) is 0 Å². The van der Waals surface area contributed by atoms with Crippen LogP contribution in [0.1, 0.15) is 41.8 Å². The van der Waals surface area contributed by atoms with Crippen LogP contribution in [0.15, 0.2) is 53.3 Å². The van der Waals surface area contributed by atoms with E-state index in [1.807, 2.05) is 45.0 Å². The molecule has 0 fully saturated rings. The quantitative estimate of drug-likeness (QED) is 0.541. The number of halogens is 1. The summed E-state index contributed by atoms with van der Waals surface area (Å²) in [5, 5.41) is 3.20. The van der Waals surface area contributed by atoms with E-state index in [9.17, 15) is 14.4 Å². The highest BCUT2D eigenvalue weighted by atomic mass is 35.5. The second-order valence-corrected chi connectivity index (χ2v) is 9.09. The van der Waals surface area contributed by atoms with Gasteiger partial charge in [-0.05, 0) is 44.0 Å². The molecule has 1 N–H and O–H groups in total. The van der Waals surface area contributed by atoms with E-state index < -0.39 is 0 Å². The molecule has 0 aliphatic rings. The summed E-state index contributed by atoms with van der Waals surface area (Å²) < 4.78 is 2.19. The van der Waals surface area contributed by atoms with Crippen molar-refractivity contribution in [1.82, 2.24) is 9.88 Å². The topological polar surface area (TPSA) is 68.2 Å². The summed E-state index contributed by atoms with van der Waals surface area (Å²) in [7, 11) is 0. The fourth-order valence-electron chi connectivity index (χ4n) is 3.02. The molecule has 32 heavy (non-hydrogen) atoms. The number of thiazole rings is 1. The van der Waals surface area contributed by atoms with Gasteiger partial charge in [0.05, 0.1) is 9.55 Å². The zero-order chi connectivity index (χ0) is 23.3. The monoisotopic (exact) mass is 468 g/mol. The summed E-state index contributed by atoms with van der Waals surface area (Å²) >= 11 is 7.34. The second-order valence-electron chi connectivity index (χ2n) is 7.62. The minimum atomic E-state index is -0.324. The Morgan fingerprint density at radius 2 is 1.84 bits per heavy atom. The highest BCUT2D eigenvalue weighted by molar-refractivity contribution is 7.07. The molecule has 0 aliphatic carbocycles. The summed E-state index contributed by atoms with van der Waals surface area (Å²) in [6.45, 7) is 5.70. The second kappa shape index (κ2) is 10.6. The zero-order valence-corrected chi connectivity index (χ0v) is 19.8. The lowest BCUT2D eigenvalue weighted by atomic mass is 10.1. The Kier molecular flexibility index (Phi) is 7.83. The van der Waals surface area contributed by atoms with E-state index in [1.54, 1.807) is 30.3 Å². The first kappa shape index (κ1) is 23.7. The number of carbonyl (C=O) groups is 2. The molecule has 2 aromatic carbocycles. The van der Waals surface area contributed by atoms with Crippen molar-refractivity contribution >= 4 is 46.8 Å². The largest absolute Gasteiger partial charge is 0.352 e. The SMILES string of the molecule is CCC(C)NC(=O)Cn1c(=O)/c(=C\c2ccc(C)cc2)s/c1=C\C(=O)c1ccccc1Cl. The third-order valence-electron chi connectivity index (χ3n) is 5.03. The number of hydrogen-bond acceptors (Lipinski definition) is 4. The van der Waals surface area contributed by atoms with Crippen LogP contribution in [0.2, 0.25) is 5.02 Å². The van der Waals surface area contributed by atoms with Crippen molar-refractivity contribution in [3.8, 4) is 0 Å². The van der Waals surface area contributed by atoms with Crippen molar-refractivity contribution in [2.75, 3.05) is 0 Å². The van der Waals surface area contributed by atoms with Crippen molar-refractivity contribution in [2.45, 2.75) is 39.8 Å². The van der Waals surface area contributed by atoms with E-state index in [1.165, 1.54) is 22.0 Å². The van der Waals surface area contributed by atoms with Crippen LogP contribution in [0.25, 0.3) is 12.2 Å². The molecule has 3 aromatic rings. The van der Waals surface area contributed by atoms with E-state index in [0.29, 0.717) is 19.8 Å². The van der Waals surface area contributed by atoms with Crippen molar-refractivity contribution < 1.29 is 9.59 Å². The number of aromatic nitrogens is 1. The zero-order valence-electron chi connectivity index (χ0n) is 18.2. The van der Waals surface area contributed by atoms with Crippen LogP contribution in [0.5, 0.6) is 0 Å². The van der Waals surface area contributed by atoms with Crippen molar-refractivity contribution in [3.05, 3.63) is 89.8 Å². The number of Topliss-reactive ketones (excluding diaryl/α,β-unsaturated/α-hetero) is 1. The normalized spacial score (nSPS) is 13.2. The third-order valence-corrected chi connectivity index (χ3v) is 6.42. The van der Waals surface area contributed by atoms with E-state index in [2.05, 4.69) is 5.32 Å². The van der Waals surface area contributed by atoms with E-state index in [-0.39, 0.29) is 29.8 Å². The molecule has 0 saturated carbocycles. The molecule has 0 saturated heterocycles. The summed E-state index contributed by atoms with van der Waals surface area (Å²) in [5.74, 6) is -0.601. The number of ketones is 1. The number of aryl methyl sites for hydroxylation is 1. The fraction of sp³-hybridized carbons (Fsp3) is 0.240. The van der Waals surface area contributed by atoms with Gasteiger partial charge in [-0.2, -0.15) is 0 Å². The highest BCUT2D eigenvalue weighted by Crippen LogP contribution is 2.15. The Bertz CT molecular complexity index is 1310. The maximum absolute atomic E-state index is 13.1. The van der Waals surface area contributed by atoms with Crippen LogP contribution < -0.4 is 20.1 Å². The molecule has 7 heteroatoms. The number of hydrogen-bond donors (Lipinski definition) is 1. The molecule has 0 aliphatic heterocycles. The number of nitrogens with zero attached hydrogens (tertiary/aromatic N) is 1. The van der Waals surface area contributed by atoms with Crippen LogP contribution >= 0.6 is 22.9 Å². The molecular formula is C25H25ClN2O3S. The first-order valence-corrected chi connectivity index (χ1v) is 11.6. The van der Waals surface area contributed by atoms with E-state index >= 15 is 0 Å². The summed E-state index contributed by atoms with van der Waals surface area (Å²) in [5.41, 5.74) is 2.02. The number of amides is 1. The molecule has 0 radical (unpaired) electrons. The lowest BCUT2D eigenvalue weighted by Gasteiger charge is -2.11. The summed E-state index contributed by atoms with van der Waals surface area (Å²) in [6, 6.07) is 14.5. The summed E-state index contributed by atoms with van der Waals surface area (Å²) in [4.78, 5) is 38.5. The fourth-order valence-corrected chi connectivity index (χ4v) is 4.29. The number of carbonyl (C=O) groups excluding carboxylic acids is 2. The van der Waals surface area contributed by atoms with Crippen molar-refractivity contribution in [2.24, 2.45) is 0 Å². The van der Waals surface area contributed by atoms with Gasteiger partial charge in [0.1, 0.15) is 11.2 Å². The molecule has 1 atom stereocenters.